The van der Waals surface area contributed by atoms with Gasteiger partial charge in [0.2, 0.25) is 0 Å². The van der Waals surface area contributed by atoms with E-state index in [9.17, 15) is 4.79 Å². The number of hydrogen-bond acceptors (Lipinski definition) is 4. The molecule has 30 heavy (non-hydrogen) atoms. The minimum Gasteiger partial charge on any atom is -0.484 e. The highest BCUT2D eigenvalue weighted by molar-refractivity contribution is 6.35. The van der Waals surface area contributed by atoms with E-state index in [2.05, 4.69) is 24.4 Å². The van der Waals surface area contributed by atoms with Gasteiger partial charge in [0, 0.05) is 10.6 Å². The molecule has 1 N–H and O–H groups in total. The number of hydrogen-bond donors (Lipinski definition) is 1. The van der Waals surface area contributed by atoms with Gasteiger partial charge in [-0.3, -0.25) is 4.79 Å². The van der Waals surface area contributed by atoms with Crippen LogP contribution in [0.5, 0.6) is 5.75 Å². The summed E-state index contributed by atoms with van der Waals surface area (Å²) >= 11 is 12.2. The summed E-state index contributed by atoms with van der Waals surface area (Å²) in [5.74, 6) is 1.77. The van der Waals surface area contributed by atoms with Gasteiger partial charge in [0.1, 0.15) is 17.3 Å². The van der Waals surface area contributed by atoms with E-state index in [-0.39, 0.29) is 12.5 Å². The fourth-order valence-electron chi connectivity index (χ4n) is 2.73. The molecular weight excluding hydrogens is 423 g/mol. The summed E-state index contributed by atoms with van der Waals surface area (Å²) in [7, 11) is 0. The molecule has 3 rings (SSSR count). The highest BCUT2D eigenvalue weighted by atomic mass is 35.5. The van der Waals surface area contributed by atoms with Gasteiger partial charge in [-0.1, -0.05) is 49.2 Å². The van der Waals surface area contributed by atoms with Gasteiger partial charge in [0.25, 0.3) is 5.91 Å². The van der Waals surface area contributed by atoms with Gasteiger partial charge in [0.05, 0.1) is 11.2 Å². The number of nitrogens with zero attached hydrogens (tertiary/aromatic N) is 1. The molecule has 2 aromatic carbocycles. The van der Waals surface area contributed by atoms with Gasteiger partial charge in [-0.15, -0.1) is 0 Å². The molecule has 0 bridgehead atoms. The molecule has 0 unspecified atom stereocenters. The number of amides is 1. The second-order valence-electron chi connectivity index (χ2n) is 6.79. The quantitative estimate of drug-likeness (QED) is 0.327. The second-order valence-corrected chi connectivity index (χ2v) is 7.63. The Bertz CT molecular complexity index is 1030. The molecule has 0 aliphatic rings. The minimum atomic E-state index is -0.373. The maximum atomic E-state index is 11.9. The third-order valence-electron chi connectivity index (χ3n) is 4.63. The number of furan rings is 1. The van der Waals surface area contributed by atoms with Gasteiger partial charge in [0.15, 0.2) is 6.61 Å². The maximum absolute atomic E-state index is 11.9. The van der Waals surface area contributed by atoms with Gasteiger partial charge in [-0.2, -0.15) is 5.10 Å². The highest BCUT2D eigenvalue weighted by Gasteiger charge is 2.09. The summed E-state index contributed by atoms with van der Waals surface area (Å²) in [6, 6.07) is 16.4. The lowest BCUT2D eigenvalue weighted by Crippen LogP contribution is -2.24. The van der Waals surface area contributed by atoms with Crippen molar-refractivity contribution in [2.24, 2.45) is 5.10 Å². The summed E-state index contributed by atoms with van der Waals surface area (Å²) in [4.78, 5) is 11.9. The zero-order valence-electron chi connectivity index (χ0n) is 16.7. The van der Waals surface area contributed by atoms with E-state index in [1.165, 1.54) is 11.8 Å². The third kappa shape index (κ3) is 5.88. The van der Waals surface area contributed by atoms with Crippen LogP contribution in [0.3, 0.4) is 0 Å². The average molecular weight is 445 g/mol. The Morgan fingerprint density at radius 2 is 1.93 bits per heavy atom. The molecule has 0 saturated heterocycles. The standard InChI is InChI=1S/C23H22Cl2N2O3/c1-3-15(2)16-4-7-18(8-5-16)29-14-23(28)27-26-13-19-9-11-22(30-19)20-12-17(24)6-10-21(20)25/h4-13,15H,3,14H2,1-2H3,(H,27,28)/b26-13+/t15-/m1/s1. The predicted molar refractivity (Wildman–Crippen MR) is 121 cm³/mol. The lowest BCUT2D eigenvalue weighted by atomic mass is 9.99. The molecule has 0 saturated carbocycles. The number of carbonyl (C=O) groups excluding carboxylic acids is 1. The number of nitrogens with one attached hydrogen (secondary N) is 1. The Morgan fingerprint density at radius 3 is 2.67 bits per heavy atom. The van der Waals surface area contributed by atoms with E-state index in [0.717, 1.165) is 6.42 Å². The monoisotopic (exact) mass is 444 g/mol. The fourth-order valence-corrected chi connectivity index (χ4v) is 3.11. The molecule has 0 spiro atoms. The molecular formula is C23H22Cl2N2O3. The van der Waals surface area contributed by atoms with Crippen molar-refractivity contribution in [1.29, 1.82) is 0 Å². The van der Waals surface area contributed by atoms with Gasteiger partial charge in [-0.05, 0) is 60.4 Å². The SMILES string of the molecule is CC[C@@H](C)c1ccc(OCC(=O)N/N=C/c2ccc(-c3cc(Cl)ccc3Cl)o2)cc1. The summed E-state index contributed by atoms with van der Waals surface area (Å²) in [6.07, 6.45) is 2.48. The number of benzene rings is 2. The molecule has 7 heteroatoms. The van der Waals surface area contributed by atoms with Crippen molar-refractivity contribution in [2.75, 3.05) is 6.61 Å². The Labute approximate surface area is 185 Å². The smallest absolute Gasteiger partial charge is 0.277 e. The molecule has 156 valence electrons. The number of carbonyl (C=O) groups is 1. The van der Waals surface area contributed by atoms with E-state index in [0.29, 0.717) is 38.8 Å². The normalized spacial score (nSPS) is 12.1. The second kappa shape index (κ2) is 10.3. The van der Waals surface area contributed by atoms with Crippen molar-refractivity contribution >= 4 is 35.3 Å². The van der Waals surface area contributed by atoms with E-state index in [1.807, 2.05) is 24.3 Å². The van der Waals surface area contributed by atoms with Crippen LogP contribution < -0.4 is 10.2 Å². The van der Waals surface area contributed by atoms with Gasteiger partial charge in [-0.25, -0.2) is 5.43 Å². The van der Waals surface area contributed by atoms with Crippen molar-refractivity contribution < 1.29 is 13.9 Å². The van der Waals surface area contributed by atoms with Gasteiger partial charge < -0.3 is 9.15 Å². The van der Waals surface area contributed by atoms with Crippen LogP contribution in [0.4, 0.5) is 0 Å². The first-order chi connectivity index (χ1) is 14.5. The van der Waals surface area contributed by atoms with Crippen molar-refractivity contribution in [2.45, 2.75) is 26.2 Å². The Morgan fingerprint density at radius 1 is 1.17 bits per heavy atom. The topological polar surface area (TPSA) is 63.8 Å². The number of rotatable bonds is 8. The molecule has 0 aliphatic carbocycles. The summed E-state index contributed by atoms with van der Waals surface area (Å²) in [6.45, 7) is 4.18. The molecule has 0 aliphatic heterocycles. The van der Waals surface area contributed by atoms with E-state index >= 15 is 0 Å². The fraction of sp³-hybridized carbons (Fsp3) is 0.217. The average Bonchev–Trinajstić information content (AvgIpc) is 3.22. The Balaban J connectivity index is 1.50. The van der Waals surface area contributed by atoms with Crippen LogP contribution in [0.1, 0.15) is 37.5 Å². The summed E-state index contributed by atoms with van der Waals surface area (Å²) < 4.78 is 11.2. The summed E-state index contributed by atoms with van der Waals surface area (Å²) in [5.41, 5.74) is 4.34. The van der Waals surface area contributed by atoms with Crippen LogP contribution in [0, 0.1) is 0 Å². The largest absolute Gasteiger partial charge is 0.484 e. The molecule has 0 radical (unpaired) electrons. The van der Waals surface area contributed by atoms with Crippen LogP contribution in [0.25, 0.3) is 11.3 Å². The van der Waals surface area contributed by atoms with Crippen LogP contribution in [-0.2, 0) is 4.79 Å². The summed E-state index contributed by atoms with van der Waals surface area (Å²) in [5, 5.41) is 4.98. The van der Waals surface area contributed by atoms with E-state index in [4.69, 9.17) is 32.4 Å². The first-order valence-corrected chi connectivity index (χ1v) is 10.3. The Hall–Kier alpha value is -2.76. The lowest BCUT2D eigenvalue weighted by Gasteiger charge is -2.10. The van der Waals surface area contributed by atoms with Crippen LogP contribution in [0.15, 0.2) is 64.1 Å². The molecule has 1 atom stereocenters. The van der Waals surface area contributed by atoms with Crippen molar-refractivity contribution in [3.63, 3.8) is 0 Å². The van der Waals surface area contributed by atoms with Crippen LogP contribution >= 0.6 is 23.2 Å². The molecule has 1 aromatic heterocycles. The first-order valence-electron chi connectivity index (χ1n) is 9.56. The number of hydrazone groups is 1. The molecule has 1 amide bonds. The predicted octanol–water partition coefficient (Wildman–Crippen LogP) is 6.30. The molecule has 0 fully saturated rings. The minimum absolute atomic E-state index is 0.137. The van der Waals surface area contributed by atoms with Gasteiger partial charge >= 0.3 is 0 Å². The van der Waals surface area contributed by atoms with Crippen LogP contribution in [0.2, 0.25) is 10.0 Å². The molecule has 3 aromatic rings. The molecule has 1 heterocycles. The Kier molecular flexibility index (Phi) is 7.55. The van der Waals surface area contributed by atoms with Crippen molar-refractivity contribution in [3.05, 3.63) is 76.0 Å². The molecule has 5 nitrogen and oxygen atoms in total. The van der Waals surface area contributed by atoms with E-state index in [1.54, 1.807) is 30.3 Å². The van der Waals surface area contributed by atoms with E-state index < -0.39 is 0 Å². The lowest BCUT2D eigenvalue weighted by molar-refractivity contribution is -0.123. The highest BCUT2D eigenvalue weighted by Crippen LogP contribution is 2.31. The number of ether oxygens (including phenoxy) is 1. The zero-order chi connectivity index (χ0) is 21.5. The zero-order valence-corrected chi connectivity index (χ0v) is 18.2. The first kappa shape index (κ1) is 21.9. The number of halogens is 2. The van der Waals surface area contributed by atoms with Crippen molar-refractivity contribution in [1.82, 2.24) is 5.43 Å². The van der Waals surface area contributed by atoms with Crippen molar-refractivity contribution in [3.8, 4) is 17.1 Å². The maximum Gasteiger partial charge on any atom is 0.277 e. The van der Waals surface area contributed by atoms with Crippen LogP contribution in [-0.4, -0.2) is 18.7 Å². The third-order valence-corrected chi connectivity index (χ3v) is 5.20.